The summed E-state index contributed by atoms with van der Waals surface area (Å²) in [6, 6.07) is 22.6. The van der Waals surface area contributed by atoms with Crippen molar-refractivity contribution >= 4 is 27.5 Å². The molecule has 1 saturated heterocycles. The molecular weight excluding hydrogens is 463 g/mol. The molecule has 0 spiro atoms. The van der Waals surface area contributed by atoms with Crippen LogP contribution in [0.25, 0.3) is 0 Å². The van der Waals surface area contributed by atoms with Crippen molar-refractivity contribution in [3.8, 4) is 0 Å². The van der Waals surface area contributed by atoms with Gasteiger partial charge in [-0.1, -0.05) is 72.3 Å². The molecule has 3 aromatic rings. The van der Waals surface area contributed by atoms with Crippen molar-refractivity contribution in [2.45, 2.75) is 23.8 Å². The van der Waals surface area contributed by atoms with Gasteiger partial charge in [-0.2, -0.15) is 4.31 Å². The van der Waals surface area contributed by atoms with Gasteiger partial charge in [0.1, 0.15) is 5.82 Å². The van der Waals surface area contributed by atoms with E-state index in [0.29, 0.717) is 12.8 Å². The molecule has 5 nitrogen and oxygen atoms in total. The van der Waals surface area contributed by atoms with E-state index in [2.05, 4.69) is 5.32 Å². The summed E-state index contributed by atoms with van der Waals surface area (Å²) in [5, 5.41) is 2.91. The maximum atomic E-state index is 13.4. The maximum Gasteiger partial charge on any atom is 0.243 e. The Kier molecular flexibility index (Phi) is 7.12. The maximum absolute atomic E-state index is 13.4. The summed E-state index contributed by atoms with van der Waals surface area (Å²) in [6.07, 6.45) is 0.798. The summed E-state index contributed by atoms with van der Waals surface area (Å²) in [5.74, 6) is -1.07. The molecule has 1 amide bonds. The lowest BCUT2D eigenvalue weighted by atomic mass is 9.94. The Morgan fingerprint density at radius 2 is 1.48 bits per heavy atom. The monoisotopic (exact) mass is 486 g/mol. The average Bonchev–Trinajstić information content (AvgIpc) is 2.85. The second-order valence-corrected chi connectivity index (χ2v) is 10.4. The number of amides is 1. The van der Waals surface area contributed by atoms with Crippen LogP contribution >= 0.6 is 11.6 Å². The minimum Gasteiger partial charge on any atom is -0.345 e. The van der Waals surface area contributed by atoms with Crippen LogP contribution in [0, 0.1) is 11.7 Å². The smallest absolute Gasteiger partial charge is 0.243 e. The molecule has 0 saturated carbocycles. The van der Waals surface area contributed by atoms with E-state index in [4.69, 9.17) is 11.6 Å². The van der Waals surface area contributed by atoms with Crippen molar-refractivity contribution in [2.75, 3.05) is 13.1 Å². The number of piperidine rings is 1. The zero-order chi connectivity index (χ0) is 23.4. The summed E-state index contributed by atoms with van der Waals surface area (Å²) in [6.45, 7) is 0.410. The molecule has 0 bridgehead atoms. The molecule has 1 N–H and O–H groups in total. The summed E-state index contributed by atoms with van der Waals surface area (Å²) in [5.41, 5.74) is 1.95. The molecule has 33 heavy (non-hydrogen) atoms. The number of hydrogen-bond acceptors (Lipinski definition) is 3. The van der Waals surface area contributed by atoms with Crippen molar-refractivity contribution in [1.29, 1.82) is 0 Å². The SMILES string of the molecule is O=C(NC(c1ccccc1)c1ccccc1)C1CCN(S(=O)(=O)c2ccc(F)c(Cl)c2)CC1. The van der Waals surface area contributed by atoms with Gasteiger partial charge in [-0.05, 0) is 42.2 Å². The van der Waals surface area contributed by atoms with Crippen LogP contribution in [0.2, 0.25) is 5.02 Å². The van der Waals surface area contributed by atoms with E-state index < -0.39 is 15.8 Å². The molecular formula is C25H24ClFN2O3S. The first kappa shape index (κ1) is 23.4. The van der Waals surface area contributed by atoms with Crippen LogP contribution in [0.3, 0.4) is 0 Å². The number of halogens is 2. The van der Waals surface area contributed by atoms with Crippen LogP contribution < -0.4 is 5.32 Å². The van der Waals surface area contributed by atoms with Gasteiger partial charge in [0.05, 0.1) is 16.0 Å². The Morgan fingerprint density at radius 3 is 2.00 bits per heavy atom. The third-order valence-electron chi connectivity index (χ3n) is 5.91. The summed E-state index contributed by atoms with van der Waals surface area (Å²) in [4.78, 5) is 13.1. The highest BCUT2D eigenvalue weighted by atomic mass is 35.5. The Balaban J connectivity index is 1.45. The quantitative estimate of drug-likeness (QED) is 0.545. The minimum absolute atomic E-state index is 0.0509. The molecule has 1 heterocycles. The fourth-order valence-electron chi connectivity index (χ4n) is 4.05. The van der Waals surface area contributed by atoms with Crippen LogP contribution in [0.15, 0.2) is 83.8 Å². The molecule has 0 atom stereocenters. The van der Waals surface area contributed by atoms with Crippen LogP contribution in [0.4, 0.5) is 4.39 Å². The highest BCUT2D eigenvalue weighted by Gasteiger charge is 2.33. The van der Waals surface area contributed by atoms with Gasteiger partial charge in [0.25, 0.3) is 0 Å². The molecule has 0 aromatic heterocycles. The zero-order valence-corrected chi connectivity index (χ0v) is 19.4. The van der Waals surface area contributed by atoms with Crippen molar-refractivity contribution in [3.63, 3.8) is 0 Å². The largest absolute Gasteiger partial charge is 0.345 e. The Bertz CT molecular complexity index is 1180. The lowest BCUT2D eigenvalue weighted by molar-refractivity contribution is -0.126. The molecule has 4 rings (SSSR count). The fourth-order valence-corrected chi connectivity index (χ4v) is 5.80. The number of sulfonamides is 1. The average molecular weight is 487 g/mol. The Labute approximate surface area is 198 Å². The molecule has 172 valence electrons. The third-order valence-corrected chi connectivity index (χ3v) is 8.09. The number of carbonyl (C=O) groups excluding carboxylic acids is 1. The van der Waals surface area contributed by atoms with Gasteiger partial charge in [-0.15, -0.1) is 0 Å². The van der Waals surface area contributed by atoms with E-state index >= 15 is 0 Å². The molecule has 1 aliphatic rings. The predicted molar refractivity (Wildman–Crippen MR) is 126 cm³/mol. The molecule has 1 fully saturated rings. The first-order valence-electron chi connectivity index (χ1n) is 10.7. The van der Waals surface area contributed by atoms with Gasteiger partial charge in [-0.3, -0.25) is 4.79 Å². The minimum atomic E-state index is -3.81. The van der Waals surface area contributed by atoms with Gasteiger partial charge < -0.3 is 5.32 Å². The van der Waals surface area contributed by atoms with E-state index in [9.17, 15) is 17.6 Å². The molecule has 3 aromatic carbocycles. The van der Waals surface area contributed by atoms with Gasteiger partial charge in [0.2, 0.25) is 15.9 Å². The van der Waals surface area contributed by atoms with Gasteiger partial charge in [0, 0.05) is 19.0 Å². The van der Waals surface area contributed by atoms with Crippen molar-refractivity contribution in [2.24, 2.45) is 5.92 Å². The Hall–Kier alpha value is -2.74. The van der Waals surface area contributed by atoms with Crippen LogP contribution in [-0.2, 0) is 14.8 Å². The van der Waals surface area contributed by atoms with Gasteiger partial charge in [0.15, 0.2) is 0 Å². The Morgan fingerprint density at radius 1 is 0.939 bits per heavy atom. The standard InChI is InChI=1S/C25H24ClFN2O3S/c26-22-17-21(11-12-23(22)27)33(31,32)29-15-13-20(14-16-29)25(30)28-24(18-7-3-1-4-8-18)19-9-5-2-6-10-19/h1-12,17,20,24H,13-16H2,(H,28,30). The zero-order valence-electron chi connectivity index (χ0n) is 17.8. The van der Waals surface area contributed by atoms with E-state index in [1.165, 1.54) is 10.4 Å². The highest BCUT2D eigenvalue weighted by molar-refractivity contribution is 7.89. The number of hydrogen-bond donors (Lipinski definition) is 1. The second-order valence-electron chi connectivity index (χ2n) is 8.02. The first-order valence-corrected chi connectivity index (χ1v) is 12.5. The van der Waals surface area contributed by atoms with Gasteiger partial charge >= 0.3 is 0 Å². The number of carbonyl (C=O) groups is 1. The lowest BCUT2D eigenvalue weighted by Gasteiger charge is -2.31. The van der Waals surface area contributed by atoms with Crippen LogP contribution in [-0.4, -0.2) is 31.7 Å². The second kappa shape index (κ2) is 10.0. The number of rotatable bonds is 6. The molecule has 1 aliphatic heterocycles. The van der Waals surface area contributed by atoms with E-state index in [1.807, 2.05) is 60.7 Å². The highest BCUT2D eigenvalue weighted by Crippen LogP contribution is 2.28. The molecule has 0 radical (unpaired) electrons. The summed E-state index contributed by atoms with van der Waals surface area (Å²) < 4.78 is 40.6. The van der Waals surface area contributed by atoms with E-state index in [1.54, 1.807) is 0 Å². The van der Waals surface area contributed by atoms with E-state index in [0.717, 1.165) is 23.3 Å². The third kappa shape index (κ3) is 5.27. The summed E-state index contributed by atoms with van der Waals surface area (Å²) >= 11 is 5.76. The van der Waals surface area contributed by atoms with Gasteiger partial charge in [-0.25, -0.2) is 12.8 Å². The predicted octanol–water partition coefficient (Wildman–Crippen LogP) is 4.79. The molecule has 0 unspecified atom stereocenters. The van der Waals surface area contributed by atoms with Crippen molar-refractivity contribution in [1.82, 2.24) is 9.62 Å². The van der Waals surface area contributed by atoms with Crippen LogP contribution in [0.1, 0.15) is 30.0 Å². The molecule has 8 heteroatoms. The van der Waals surface area contributed by atoms with Crippen LogP contribution in [0.5, 0.6) is 0 Å². The van der Waals surface area contributed by atoms with E-state index in [-0.39, 0.29) is 40.9 Å². The van der Waals surface area contributed by atoms with Crippen molar-refractivity contribution < 1.29 is 17.6 Å². The summed E-state index contributed by atoms with van der Waals surface area (Å²) in [7, 11) is -3.81. The molecule has 0 aliphatic carbocycles. The first-order chi connectivity index (χ1) is 15.9. The lowest BCUT2D eigenvalue weighted by Crippen LogP contribution is -2.43. The van der Waals surface area contributed by atoms with Crippen molar-refractivity contribution in [3.05, 3.63) is 101 Å². The number of nitrogens with zero attached hydrogens (tertiary/aromatic N) is 1. The topological polar surface area (TPSA) is 66.5 Å². The normalized spacial score (nSPS) is 15.5. The number of nitrogens with one attached hydrogen (secondary N) is 1. The number of benzene rings is 3. The fraction of sp³-hybridized carbons (Fsp3) is 0.240.